The van der Waals surface area contributed by atoms with Crippen LogP contribution in [-0.2, 0) is 4.57 Å². The summed E-state index contributed by atoms with van der Waals surface area (Å²) < 4.78 is 32.0. The van der Waals surface area contributed by atoms with Gasteiger partial charge in [0.1, 0.15) is 17.1 Å². The van der Waals surface area contributed by atoms with Crippen LogP contribution < -0.4 is 16.0 Å². The van der Waals surface area contributed by atoms with Crippen LogP contribution in [0, 0.1) is 26.6 Å². The van der Waals surface area contributed by atoms with Gasteiger partial charge in [-0.05, 0) is 44.0 Å². The van der Waals surface area contributed by atoms with Crippen molar-refractivity contribution in [2.75, 3.05) is 0 Å². The van der Waals surface area contributed by atoms with Gasteiger partial charge in [0.25, 0.3) is 0 Å². The molecule has 0 spiro atoms. The second-order valence-electron chi connectivity index (χ2n) is 8.80. The zero-order chi connectivity index (χ0) is 24.6. The number of hydrogen-bond acceptors (Lipinski definition) is 2. The van der Waals surface area contributed by atoms with Crippen LogP contribution in [0.15, 0.2) is 103 Å². The maximum Gasteiger partial charge on any atom is 0.190 e. The van der Waals surface area contributed by atoms with Gasteiger partial charge in [-0.3, -0.25) is 4.57 Å². The second-order valence-corrected chi connectivity index (χ2v) is 11.5. The molecule has 4 aromatic carbocycles. The first-order valence-electron chi connectivity index (χ1n) is 11.5. The molecule has 0 saturated carbocycles. The van der Waals surface area contributed by atoms with Gasteiger partial charge in [0.15, 0.2) is 7.14 Å². The normalized spacial score (nSPS) is 11.5. The quantitative estimate of drug-likeness (QED) is 0.279. The van der Waals surface area contributed by atoms with E-state index < -0.39 is 7.14 Å². The minimum atomic E-state index is -3.33. The molecule has 0 amide bonds. The summed E-state index contributed by atoms with van der Waals surface area (Å²) in [6, 6.07) is 29.6. The summed E-state index contributed by atoms with van der Waals surface area (Å²) in [6.07, 6.45) is 1.83. The van der Waals surface area contributed by atoms with Gasteiger partial charge >= 0.3 is 0 Å². The largest absolute Gasteiger partial charge is 0.307 e. The molecule has 0 fully saturated rings. The zero-order valence-corrected chi connectivity index (χ0v) is 20.8. The number of rotatable bonds is 5. The van der Waals surface area contributed by atoms with Crippen LogP contribution in [0.2, 0.25) is 0 Å². The Balaban J connectivity index is 1.85. The number of hydrogen-bond donors (Lipinski definition) is 0. The lowest BCUT2D eigenvalue weighted by atomic mass is 10.0. The molecule has 3 nitrogen and oxygen atoms in total. The van der Waals surface area contributed by atoms with E-state index in [4.69, 9.17) is 4.98 Å². The van der Waals surface area contributed by atoms with Crippen LogP contribution in [0.4, 0.5) is 4.39 Å². The lowest BCUT2D eigenvalue weighted by molar-refractivity contribution is 0.592. The number of aromatic nitrogens is 2. The van der Waals surface area contributed by atoms with Gasteiger partial charge in [0.05, 0.1) is 11.3 Å². The van der Waals surface area contributed by atoms with E-state index in [0.717, 1.165) is 22.4 Å². The highest BCUT2D eigenvalue weighted by molar-refractivity contribution is 7.85. The van der Waals surface area contributed by atoms with Crippen molar-refractivity contribution in [3.05, 3.63) is 126 Å². The Hall–Kier alpha value is -3.75. The Kier molecular flexibility index (Phi) is 6.00. The van der Waals surface area contributed by atoms with Crippen molar-refractivity contribution >= 4 is 23.2 Å². The first-order chi connectivity index (χ1) is 16.9. The van der Waals surface area contributed by atoms with Crippen LogP contribution in [0.25, 0.3) is 17.1 Å². The van der Waals surface area contributed by atoms with Gasteiger partial charge in [-0.1, -0.05) is 90.5 Å². The van der Waals surface area contributed by atoms with Gasteiger partial charge in [-0.25, -0.2) is 9.37 Å². The van der Waals surface area contributed by atoms with Gasteiger partial charge in [-0.2, -0.15) is 0 Å². The van der Waals surface area contributed by atoms with E-state index in [0.29, 0.717) is 27.4 Å². The van der Waals surface area contributed by atoms with E-state index in [9.17, 15) is 4.57 Å². The summed E-state index contributed by atoms with van der Waals surface area (Å²) in [5, 5.41) is 1.38. The average molecular weight is 481 g/mol. The number of halogens is 1. The molecule has 0 N–H and O–H groups in total. The predicted molar refractivity (Wildman–Crippen MR) is 143 cm³/mol. The molecule has 5 aromatic rings. The number of aryl methyl sites for hydroxylation is 3. The highest BCUT2D eigenvalue weighted by Crippen LogP contribution is 2.43. The van der Waals surface area contributed by atoms with Crippen molar-refractivity contribution in [3.63, 3.8) is 0 Å². The van der Waals surface area contributed by atoms with Crippen LogP contribution in [0.1, 0.15) is 16.7 Å². The van der Waals surface area contributed by atoms with Crippen molar-refractivity contribution in [2.45, 2.75) is 20.8 Å². The Morgan fingerprint density at radius 3 is 1.80 bits per heavy atom. The number of imidazole rings is 1. The van der Waals surface area contributed by atoms with E-state index >= 15 is 4.39 Å². The minimum Gasteiger partial charge on any atom is -0.307 e. The summed E-state index contributed by atoms with van der Waals surface area (Å²) >= 11 is 0. The molecule has 0 unspecified atom stereocenters. The molecule has 0 aliphatic carbocycles. The molecular weight excluding hydrogens is 454 g/mol. The molecule has 0 bridgehead atoms. The van der Waals surface area contributed by atoms with Crippen LogP contribution in [-0.4, -0.2) is 9.55 Å². The van der Waals surface area contributed by atoms with Crippen LogP contribution in [0.3, 0.4) is 0 Å². The Morgan fingerprint density at radius 1 is 0.743 bits per heavy atom. The summed E-state index contributed by atoms with van der Waals surface area (Å²) in [4.78, 5) is 4.91. The van der Waals surface area contributed by atoms with Gasteiger partial charge in [0.2, 0.25) is 0 Å². The summed E-state index contributed by atoms with van der Waals surface area (Å²) in [5.41, 5.74) is 4.94. The lowest BCUT2D eigenvalue weighted by Gasteiger charge is -2.17. The molecule has 5 heteroatoms. The summed E-state index contributed by atoms with van der Waals surface area (Å²) in [6.45, 7) is 6.13. The maximum atomic E-state index is 15.1. The fraction of sp³-hybridized carbons (Fsp3) is 0.100. The topological polar surface area (TPSA) is 34.9 Å². The Labute approximate surface area is 205 Å². The molecule has 174 valence electrons. The molecule has 0 atom stereocenters. The molecular formula is C30H26FN2OP. The van der Waals surface area contributed by atoms with Crippen molar-refractivity contribution in [3.8, 4) is 17.1 Å². The maximum absolute atomic E-state index is 15.1. The van der Waals surface area contributed by atoms with Crippen molar-refractivity contribution in [2.24, 2.45) is 0 Å². The Bertz CT molecular complexity index is 1490. The monoisotopic (exact) mass is 480 g/mol. The molecule has 5 rings (SSSR count). The molecule has 0 aliphatic heterocycles. The smallest absolute Gasteiger partial charge is 0.190 e. The van der Waals surface area contributed by atoms with Gasteiger partial charge < -0.3 is 4.57 Å². The summed E-state index contributed by atoms with van der Waals surface area (Å²) in [5.74, 6) is 0.0582. The standard InChI is InChI=1S/C30H26FN2OP/c1-21-18-22(2)29(23(3)19-21)33-20-28(32-30(33)26-16-10-11-17-27(26)31)35(34,24-12-6-4-7-13-24)25-14-8-5-9-15-25/h4-20H,1-3H3. The molecule has 35 heavy (non-hydrogen) atoms. The van der Waals surface area contributed by atoms with Crippen molar-refractivity contribution in [1.29, 1.82) is 0 Å². The highest BCUT2D eigenvalue weighted by atomic mass is 31.2. The third-order valence-corrected chi connectivity index (χ3v) is 9.16. The van der Waals surface area contributed by atoms with Crippen molar-refractivity contribution < 1.29 is 8.96 Å². The molecule has 0 saturated heterocycles. The third kappa shape index (κ3) is 4.05. The Morgan fingerprint density at radius 2 is 1.26 bits per heavy atom. The summed E-state index contributed by atoms with van der Waals surface area (Å²) in [7, 11) is -3.33. The minimum absolute atomic E-state index is 0.366. The predicted octanol–water partition coefficient (Wildman–Crippen LogP) is 6.24. The fourth-order valence-corrected chi connectivity index (χ4v) is 7.29. The third-order valence-electron chi connectivity index (χ3n) is 6.25. The average Bonchev–Trinajstić information content (AvgIpc) is 3.29. The molecule has 1 aromatic heterocycles. The van der Waals surface area contributed by atoms with E-state index in [2.05, 4.69) is 19.1 Å². The highest BCUT2D eigenvalue weighted by Gasteiger charge is 2.34. The number of benzene rings is 4. The molecule has 0 radical (unpaired) electrons. The van der Waals surface area contributed by atoms with E-state index in [1.165, 1.54) is 6.07 Å². The van der Waals surface area contributed by atoms with E-state index in [-0.39, 0.29) is 5.82 Å². The first kappa shape index (κ1) is 23.0. The van der Waals surface area contributed by atoms with E-state index in [1.54, 1.807) is 18.2 Å². The van der Waals surface area contributed by atoms with Crippen LogP contribution >= 0.6 is 7.14 Å². The second kappa shape index (κ2) is 9.13. The van der Waals surface area contributed by atoms with Crippen LogP contribution in [0.5, 0.6) is 0 Å². The molecule has 1 heterocycles. The van der Waals surface area contributed by atoms with Gasteiger partial charge in [0, 0.05) is 16.8 Å². The van der Waals surface area contributed by atoms with Gasteiger partial charge in [-0.15, -0.1) is 0 Å². The molecule has 0 aliphatic rings. The lowest BCUT2D eigenvalue weighted by Crippen LogP contribution is -2.25. The van der Waals surface area contributed by atoms with E-state index in [1.807, 2.05) is 85.3 Å². The fourth-order valence-electron chi connectivity index (χ4n) is 4.76. The van der Waals surface area contributed by atoms with Crippen molar-refractivity contribution in [1.82, 2.24) is 9.55 Å². The number of nitrogens with zero attached hydrogens (tertiary/aromatic N) is 2. The SMILES string of the molecule is Cc1cc(C)c(-n2cc(P(=O)(c3ccccc3)c3ccccc3)nc2-c2ccccc2F)c(C)c1. The first-order valence-corrected chi connectivity index (χ1v) is 13.2. The zero-order valence-electron chi connectivity index (χ0n) is 19.9.